The molecule has 0 saturated carbocycles. The lowest BCUT2D eigenvalue weighted by molar-refractivity contribution is -0.121. The van der Waals surface area contributed by atoms with Crippen LogP contribution in [0.4, 0.5) is 0 Å². The van der Waals surface area contributed by atoms with Crippen molar-refractivity contribution in [3.8, 4) is 0 Å². The van der Waals surface area contributed by atoms with Gasteiger partial charge in [-0.15, -0.1) is 11.3 Å². The van der Waals surface area contributed by atoms with Crippen LogP contribution in [0, 0.1) is 0 Å². The molecule has 2 heterocycles. The normalized spacial score (nSPS) is 10.8. The number of Topliss-reactive ketones (excluding diaryl/α,β-unsaturated/α-hetero) is 1. The van der Waals surface area contributed by atoms with E-state index in [2.05, 4.69) is 14.9 Å². The number of benzene rings is 1. The van der Waals surface area contributed by atoms with Crippen molar-refractivity contribution in [2.75, 3.05) is 6.54 Å². The zero-order chi connectivity index (χ0) is 16.8. The van der Waals surface area contributed by atoms with Gasteiger partial charge in [-0.25, -0.2) is 4.98 Å². The number of aromatic nitrogens is 2. The third-order valence-corrected chi connectivity index (χ3v) is 4.71. The van der Waals surface area contributed by atoms with Gasteiger partial charge in [0, 0.05) is 25.9 Å². The van der Waals surface area contributed by atoms with Gasteiger partial charge >= 0.3 is 0 Å². The van der Waals surface area contributed by atoms with Gasteiger partial charge in [0.15, 0.2) is 5.78 Å². The summed E-state index contributed by atoms with van der Waals surface area (Å²) in [4.78, 5) is 28.7. The summed E-state index contributed by atoms with van der Waals surface area (Å²) in [5, 5.41) is 4.74. The van der Waals surface area contributed by atoms with Crippen molar-refractivity contribution >= 4 is 34.1 Å². The van der Waals surface area contributed by atoms with Gasteiger partial charge in [0.05, 0.1) is 22.2 Å². The van der Waals surface area contributed by atoms with Gasteiger partial charge in [0.25, 0.3) is 0 Å². The average Bonchev–Trinajstić information content (AvgIpc) is 3.26. The molecule has 124 valence electrons. The topological polar surface area (TPSA) is 64.0 Å². The SMILES string of the molecule is O=C(CCC(=O)c1cccs1)NCCCn1cnc2ccccc21. The average molecular weight is 341 g/mol. The maximum atomic E-state index is 11.8. The Morgan fingerprint density at radius 2 is 2.00 bits per heavy atom. The molecule has 0 saturated heterocycles. The van der Waals surface area contributed by atoms with Crippen LogP contribution >= 0.6 is 11.3 Å². The summed E-state index contributed by atoms with van der Waals surface area (Å²) in [6.45, 7) is 1.40. The monoisotopic (exact) mass is 341 g/mol. The Bertz CT molecular complexity index is 824. The maximum Gasteiger partial charge on any atom is 0.220 e. The van der Waals surface area contributed by atoms with Crippen LogP contribution in [0.1, 0.15) is 28.9 Å². The fourth-order valence-corrected chi connectivity index (χ4v) is 3.24. The Kier molecular flexibility index (Phi) is 5.38. The Labute approximate surface area is 144 Å². The molecule has 3 rings (SSSR count). The van der Waals surface area contributed by atoms with Crippen LogP contribution in [0.2, 0.25) is 0 Å². The molecular formula is C18H19N3O2S. The van der Waals surface area contributed by atoms with E-state index in [1.807, 2.05) is 42.0 Å². The lowest BCUT2D eigenvalue weighted by atomic mass is 10.2. The first-order valence-corrected chi connectivity index (χ1v) is 8.85. The summed E-state index contributed by atoms with van der Waals surface area (Å²) in [6.07, 6.45) is 3.15. The second-order valence-electron chi connectivity index (χ2n) is 5.53. The molecule has 5 nitrogen and oxygen atoms in total. The molecule has 0 radical (unpaired) electrons. The molecule has 6 heteroatoms. The second kappa shape index (κ2) is 7.88. The fourth-order valence-electron chi connectivity index (χ4n) is 2.54. The zero-order valence-corrected chi connectivity index (χ0v) is 14.1. The summed E-state index contributed by atoms with van der Waals surface area (Å²) in [7, 11) is 0. The number of aryl methyl sites for hydroxylation is 1. The summed E-state index contributed by atoms with van der Waals surface area (Å²) >= 11 is 1.41. The Hall–Kier alpha value is -2.47. The van der Waals surface area contributed by atoms with E-state index in [1.54, 1.807) is 6.07 Å². The highest BCUT2D eigenvalue weighted by molar-refractivity contribution is 7.12. The van der Waals surface area contributed by atoms with Gasteiger partial charge in [-0.05, 0) is 30.0 Å². The van der Waals surface area contributed by atoms with E-state index in [1.165, 1.54) is 11.3 Å². The van der Waals surface area contributed by atoms with Crippen LogP contribution in [0.25, 0.3) is 11.0 Å². The van der Waals surface area contributed by atoms with Crippen molar-refractivity contribution in [1.82, 2.24) is 14.9 Å². The molecule has 1 aromatic carbocycles. The van der Waals surface area contributed by atoms with Gasteiger partial charge in [-0.3, -0.25) is 9.59 Å². The fraction of sp³-hybridized carbons (Fsp3) is 0.278. The minimum atomic E-state index is -0.0737. The van der Waals surface area contributed by atoms with Gasteiger partial charge in [-0.1, -0.05) is 18.2 Å². The minimum Gasteiger partial charge on any atom is -0.356 e. The number of thiophene rings is 1. The van der Waals surface area contributed by atoms with Crippen molar-refractivity contribution < 1.29 is 9.59 Å². The van der Waals surface area contributed by atoms with Crippen LogP contribution in [0.3, 0.4) is 0 Å². The molecule has 0 aliphatic rings. The van der Waals surface area contributed by atoms with Crippen molar-refractivity contribution in [3.63, 3.8) is 0 Å². The summed E-state index contributed by atoms with van der Waals surface area (Å²) in [5.41, 5.74) is 2.08. The number of para-hydroxylation sites is 2. The molecule has 0 bridgehead atoms. The molecule has 0 atom stereocenters. The van der Waals surface area contributed by atoms with Crippen molar-refractivity contribution in [2.45, 2.75) is 25.8 Å². The van der Waals surface area contributed by atoms with Crippen molar-refractivity contribution in [2.24, 2.45) is 0 Å². The van der Waals surface area contributed by atoms with Crippen molar-refractivity contribution in [1.29, 1.82) is 0 Å². The number of rotatable bonds is 8. The van der Waals surface area contributed by atoms with E-state index in [0.717, 1.165) is 28.9 Å². The molecule has 0 fully saturated rings. The molecule has 0 unspecified atom stereocenters. The molecule has 2 aromatic heterocycles. The number of nitrogens with one attached hydrogen (secondary N) is 1. The summed E-state index contributed by atoms with van der Waals surface area (Å²) in [6, 6.07) is 11.6. The molecule has 24 heavy (non-hydrogen) atoms. The third kappa shape index (κ3) is 4.08. The number of hydrogen-bond donors (Lipinski definition) is 1. The third-order valence-electron chi connectivity index (χ3n) is 3.80. The summed E-state index contributed by atoms with van der Waals surface area (Å²) < 4.78 is 2.09. The van der Waals surface area contributed by atoms with E-state index in [0.29, 0.717) is 6.54 Å². The lowest BCUT2D eigenvalue weighted by Gasteiger charge is -2.06. The first kappa shape index (κ1) is 16.4. The first-order valence-electron chi connectivity index (χ1n) is 7.97. The highest BCUT2D eigenvalue weighted by Gasteiger charge is 2.09. The predicted octanol–water partition coefficient (Wildman–Crippen LogP) is 3.27. The number of carbonyl (C=O) groups excluding carboxylic acids is 2. The van der Waals surface area contributed by atoms with E-state index < -0.39 is 0 Å². The molecule has 0 aliphatic carbocycles. The Morgan fingerprint density at radius 1 is 1.12 bits per heavy atom. The van der Waals surface area contributed by atoms with E-state index in [-0.39, 0.29) is 24.5 Å². The van der Waals surface area contributed by atoms with E-state index >= 15 is 0 Å². The van der Waals surface area contributed by atoms with E-state index in [4.69, 9.17) is 0 Å². The first-order chi connectivity index (χ1) is 11.7. The molecular weight excluding hydrogens is 322 g/mol. The summed E-state index contributed by atoms with van der Waals surface area (Å²) in [5.74, 6) is -0.0413. The number of nitrogens with zero attached hydrogens (tertiary/aromatic N) is 2. The second-order valence-corrected chi connectivity index (χ2v) is 6.48. The number of carbonyl (C=O) groups is 2. The highest BCUT2D eigenvalue weighted by atomic mass is 32.1. The van der Waals surface area contributed by atoms with Crippen LogP contribution < -0.4 is 5.32 Å². The number of hydrogen-bond acceptors (Lipinski definition) is 4. The maximum absolute atomic E-state index is 11.8. The largest absolute Gasteiger partial charge is 0.356 e. The Balaban J connectivity index is 1.37. The van der Waals surface area contributed by atoms with E-state index in [9.17, 15) is 9.59 Å². The zero-order valence-electron chi connectivity index (χ0n) is 13.3. The molecule has 1 N–H and O–H groups in total. The van der Waals surface area contributed by atoms with Gasteiger partial charge < -0.3 is 9.88 Å². The van der Waals surface area contributed by atoms with Gasteiger partial charge in [0.2, 0.25) is 5.91 Å². The predicted molar refractivity (Wildman–Crippen MR) is 95.2 cm³/mol. The minimum absolute atomic E-state index is 0.0324. The van der Waals surface area contributed by atoms with Crippen LogP contribution in [0.5, 0.6) is 0 Å². The number of amides is 1. The smallest absolute Gasteiger partial charge is 0.220 e. The standard InChI is InChI=1S/C18H19N3O2S/c22-16(17-7-3-12-24-17)8-9-18(23)19-10-4-11-21-13-20-14-5-1-2-6-15(14)21/h1-3,5-7,12-13H,4,8-11H2,(H,19,23). The Morgan fingerprint density at radius 3 is 2.83 bits per heavy atom. The number of imidazole rings is 1. The van der Waals surface area contributed by atoms with Crippen LogP contribution in [-0.4, -0.2) is 27.8 Å². The van der Waals surface area contributed by atoms with Gasteiger partial charge in [0.1, 0.15) is 0 Å². The highest BCUT2D eigenvalue weighted by Crippen LogP contribution is 2.13. The molecule has 3 aromatic rings. The molecule has 0 aliphatic heterocycles. The van der Waals surface area contributed by atoms with Crippen LogP contribution in [0.15, 0.2) is 48.1 Å². The van der Waals surface area contributed by atoms with Crippen LogP contribution in [-0.2, 0) is 11.3 Å². The van der Waals surface area contributed by atoms with Gasteiger partial charge in [-0.2, -0.15) is 0 Å². The lowest BCUT2D eigenvalue weighted by Crippen LogP contribution is -2.25. The van der Waals surface area contributed by atoms with Crippen molar-refractivity contribution in [3.05, 3.63) is 53.0 Å². The quantitative estimate of drug-likeness (QED) is 0.505. The number of fused-ring (bicyclic) bond motifs is 1. The molecule has 1 amide bonds. The molecule has 0 spiro atoms. The number of ketones is 1.